The van der Waals surface area contributed by atoms with E-state index in [1.54, 1.807) is 11.3 Å². The van der Waals surface area contributed by atoms with E-state index in [1.165, 1.54) is 23.1 Å². The van der Waals surface area contributed by atoms with Crippen LogP contribution in [0.5, 0.6) is 0 Å². The molecule has 0 saturated carbocycles. The van der Waals surface area contributed by atoms with Crippen molar-refractivity contribution in [2.45, 2.75) is 13.3 Å². The molecule has 2 aromatic heterocycles. The van der Waals surface area contributed by atoms with Gasteiger partial charge in [-0.25, -0.2) is 14.4 Å². The van der Waals surface area contributed by atoms with Gasteiger partial charge in [0.15, 0.2) is 5.82 Å². The second kappa shape index (κ2) is 5.00. The monoisotopic (exact) mass is 307 g/mol. The minimum Gasteiger partial charge on any atom is -0.383 e. The molecule has 20 heavy (non-hydrogen) atoms. The van der Waals surface area contributed by atoms with Crippen LogP contribution in [0.1, 0.15) is 11.8 Å². The average molecular weight is 308 g/mol. The first-order valence-corrected chi connectivity index (χ1v) is 7.29. The van der Waals surface area contributed by atoms with Crippen LogP contribution in [0, 0.1) is 5.82 Å². The predicted molar refractivity (Wildman–Crippen MR) is 81.6 cm³/mol. The van der Waals surface area contributed by atoms with Gasteiger partial charge in [-0.1, -0.05) is 18.5 Å². The maximum absolute atomic E-state index is 13.9. The maximum atomic E-state index is 13.9. The zero-order valence-corrected chi connectivity index (χ0v) is 12.2. The number of hydrogen-bond acceptors (Lipinski definition) is 4. The second-order valence-electron chi connectivity index (χ2n) is 4.34. The van der Waals surface area contributed by atoms with Gasteiger partial charge in [-0.05, 0) is 30.7 Å². The molecule has 0 aliphatic carbocycles. The molecule has 0 unspecified atom stereocenters. The SMILES string of the molecule is CCc1cc2c(N)nc(-c3cc(Cl)ccc3F)nc2s1. The lowest BCUT2D eigenvalue weighted by molar-refractivity contribution is 0.630. The number of aromatic nitrogens is 2. The third-order valence-electron chi connectivity index (χ3n) is 2.99. The summed E-state index contributed by atoms with van der Waals surface area (Å²) >= 11 is 7.44. The number of benzene rings is 1. The predicted octanol–water partition coefficient (Wildman–Crippen LogP) is 4.30. The third-order valence-corrected chi connectivity index (χ3v) is 4.40. The normalized spacial score (nSPS) is 11.2. The Morgan fingerprint density at radius 3 is 2.85 bits per heavy atom. The van der Waals surface area contributed by atoms with Crippen LogP contribution < -0.4 is 5.73 Å². The van der Waals surface area contributed by atoms with Crippen molar-refractivity contribution in [1.29, 1.82) is 0 Å². The fourth-order valence-electron chi connectivity index (χ4n) is 1.96. The summed E-state index contributed by atoms with van der Waals surface area (Å²) in [4.78, 5) is 10.5. The highest BCUT2D eigenvalue weighted by molar-refractivity contribution is 7.18. The summed E-state index contributed by atoms with van der Waals surface area (Å²) in [5, 5.41) is 1.25. The van der Waals surface area contributed by atoms with Crippen molar-refractivity contribution in [3.8, 4) is 11.4 Å². The van der Waals surface area contributed by atoms with Crippen LogP contribution in [0.2, 0.25) is 5.02 Å². The summed E-state index contributed by atoms with van der Waals surface area (Å²) in [6.45, 7) is 2.06. The Labute approximate surface area is 124 Å². The van der Waals surface area contributed by atoms with Crippen LogP contribution in [0.15, 0.2) is 24.3 Å². The zero-order chi connectivity index (χ0) is 14.3. The average Bonchev–Trinajstić information content (AvgIpc) is 2.85. The van der Waals surface area contributed by atoms with Crippen LogP contribution >= 0.6 is 22.9 Å². The molecule has 3 aromatic rings. The number of nitrogens with zero attached hydrogens (tertiary/aromatic N) is 2. The van der Waals surface area contributed by atoms with Gasteiger partial charge in [-0.2, -0.15) is 0 Å². The van der Waals surface area contributed by atoms with Crippen molar-refractivity contribution in [3.63, 3.8) is 0 Å². The van der Waals surface area contributed by atoms with Crippen LogP contribution in [-0.2, 0) is 6.42 Å². The summed E-state index contributed by atoms with van der Waals surface area (Å²) < 4.78 is 13.9. The van der Waals surface area contributed by atoms with Crippen molar-refractivity contribution in [3.05, 3.63) is 40.0 Å². The number of hydrogen-bond donors (Lipinski definition) is 1. The maximum Gasteiger partial charge on any atom is 0.166 e. The highest BCUT2D eigenvalue weighted by Crippen LogP contribution is 2.31. The van der Waals surface area contributed by atoms with E-state index < -0.39 is 5.82 Å². The number of fused-ring (bicyclic) bond motifs is 1. The molecule has 3 nitrogen and oxygen atoms in total. The molecular weight excluding hydrogens is 297 g/mol. The Morgan fingerprint density at radius 2 is 2.10 bits per heavy atom. The molecule has 3 rings (SSSR count). The summed E-state index contributed by atoms with van der Waals surface area (Å²) in [5.41, 5.74) is 6.21. The van der Waals surface area contributed by atoms with Gasteiger partial charge in [0.1, 0.15) is 16.5 Å². The molecule has 6 heteroatoms. The van der Waals surface area contributed by atoms with Gasteiger partial charge in [0.25, 0.3) is 0 Å². The van der Waals surface area contributed by atoms with Crippen LogP contribution in [0.3, 0.4) is 0 Å². The molecule has 0 amide bonds. The van der Waals surface area contributed by atoms with Crippen LogP contribution in [0.4, 0.5) is 10.2 Å². The van der Waals surface area contributed by atoms with E-state index in [-0.39, 0.29) is 11.4 Å². The van der Waals surface area contributed by atoms with E-state index in [1.807, 2.05) is 6.07 Å². The van der Waals surface area contributed by atoms with Crippen LogP contribution in [-0.4, -0.2) is 9.97 Å². The minimum atomic E-state index is -0.416. The lowest BCUT2D eigenvalue weighted by Crippen LogP contribution is -1.97. The van der Waals surface area contributed by atoms with Gasteiger partial charge in [0.05, 0.1) is 10.9 Å². The fraction of sp³-hybridized carbons (Fsp3) is 0.143. The molecule has 0 bridgehead atoms. The van der Waals surface area contributed by atoms with Gasteiger partial charge in [0.2, 0.25) is 0 Å². The summed E-state index contributed by atoms with van der Waals surface area (Å²) in [7, 11) is 0. The number of rotatable bonds is 2. The lowest BCUT2D eigenvalue weighted by Gasteiger charge is -2.04. The van der Waals surface area contributed by atoms with E-state index in [4.69, 9.17) is 17.3 Å². The van der Waals surface area contributed by atoms with E-state index in [0.29, 0.717) is 10.8 Å². The van der Waals surface area contributed by atoms with Crippen molar-refractivity contribution < 1.29 is 4.39 Å². The van der Waals surface area contributed by atoms with Gasteiger partial charge in [-0.15, -0.1) is 11.3 Å². The van der Waals surface area contributed by atoms with Crippen molar-refractivity contribution in [2.75, 3.05) is 5.73 Å². The number of aryl methyl sites for hydroxylation is 1. The number of thiophene rings is 1. The van der Waals surface area contributed by atoms with E-state index in [9.17, 15) is 4.39 Å². The molecule has 0 aliphatic rings. The quantitative estimate of drug-likeness (QED) is 0.768. The van der Waals surface area contributed by atoms with Gasteiger partial charge in [-0.3, -0.25) is 0 Å². The molecule has 0 aliphatic heterocycles. The van der Waals surface area contributed by atoms with Crippen molar-refractivity contribution in [2.24, 2.45) is 0 Å². The lowest BCUT2D eigenvalue weighted by atomic mass is 10.2. The van der Waals surface area contributed by atoms with E-state index in [2.05, 4.69) is 16.9 Å². The number of nitrogen functional groups attached to an aromatic ring is 1. The Bertz CT molecular complexity index is 800. The summed E-state index contributed by atoms with van der Waals surface area (Å²) in [6.07, 6.45) is 0.904. The topological polar surface area (TPSA) is 51.8 Å². The Balaban J connectivity index is 2.24. The van der Waals surface area contributed by atoms with Gasteiger partial charge < -0.3 is 5.73 Å². The zero-order valence-electron chi connectivity index (χ0n) is 10.7. The Hall–Kier alpha value is -1.72. The van der Waals surface area contributed by atoms with E-state index >= 15 is 0 Å². The highest BCUT2D eigenvalue weighted by Gasteiger charge is 2.14. The molecule has 1 aromatic carbocycles. The summed E-state index contributed by atoms with van der Waals surface area (Å²) in [5.74, 6) is 0.209. The molecule has 0 fully saturated rings. The first kappa shape index (κ1) is 13.3. The standard InChI is InChI=1S/C14H11ClFN3S/c1-2-8-6-10-12(17)18-13(19-14(10)20-8)9-5-7(15)3-4-11(9)16/h3-6H,2H2,1H3,(H2,17,18,19). The molecule has 0 radical (unpaired) electrons. The Kier molecular flexibility index (Phi) is 3.31. The molecule has 102 valence electrons. The number of anilines is 1. The van der Waals surface area contributed by atoms with Crippen molar-refractivity contribution >= 4 is 39.0 Å². The molecule has 0 saturated heterocycles. The molecule has 0 spiro atoms. The van der Waals surface area contributed by atoms with Gasteiger partial charge in [0, 0.05) is 9.90 Å². The summed E-state index contributed by atoms with van der Waals surface area (Å²) in [6, 6.07) is 6.27. The largest absolute Gasteiger partial charge is 0.383 e. The highest BCUT2D eigenvalue weighted by atomic mass is 35.5. The molecule has 2 N–H and O–H groups in total. The molecule has 0 atom stereocenters. The van der Waals surface area contributed by atoms with Crippen molar-refractivity contribution in [1.82, 2.24) is 9.97 Å². The third kappa shape index (κ3) is 2.23. The second-order valence-corrected chi connectivity index (χ2v) is 5.89. The first-order valence-electron chi connectivity index (χ1n) is 6.10. The minimum absolute atomic E-state index is 0.262. The first-order chi connectivity index (χ1) is 9.58. The fourth-order valence-corrected chi connectivity index (χ4v) is 3.10. The number of halogens is 2. The molecular formula is C14H11ClFN3S. The number of nitrogens with two attached hydrogens (primary N) is 1. The smallest absolute Gasteiger partial charge is 0.166 e. The van der Waals surface area contributed by atoms with E-state index in [0.717, 1.165) is 16.6 Å². The molecule has 2 heterocycles. The van der Waals surface area contributed by atoms with Crippen LogP contribution in [0.25, 0.3) is 21.6 Å². The Morgan fingerprint density at radius 1 is 1.30 bits per heavy atom. The van der Waals surface area contributed by atoms with Gasteiger partial charge >= 0.3 is 0 Å².